The summed E-state index contributed by atoms with van der Waals surface area (Å²) in [5, 5.41) is 8.24. The van der Waals surface area contributed by atoms with Crippen molar-refractivity contribution in [2.75, 3.05) is 19.5 Å². The molecule has 0 aliphatic rings. The van der Waals surface area contributed by atoms with Crippen LogP contribution in [0.1, 0.15) is 11.3 Å². The number of fused-ring (bicyclic) bond motifs is 1. The normalized spacial score (nSPS) is 11.5. The van der Waals surface area contributed by atoms with Crippen LogP contribution in [0.4, 0.5) is 19.0 Å². The van der Waals surface area contributed by atoms with E-state index in [4.69, 9.17) is 9.47 Å². The second-order valence-corrected chi connectivity index (χ2v) is 8.03. The molecule has 0 aliphatic carbocycles. The van der Waals surface area contributed by atoms with Crippen molar-refractivity contribution >= 4 is 16.7 Å². The number of halogens is 3. The third-order valence-electron chi connectivity index (χ3n) is 5.70. The third kappa shape index (κ3) is 5.01. The first-order chi connectivity index (χ1) is 17.9. The van der Waals surface area contributed by atoms with E-state index in [2.05, 4.69) is 25.4 Å². The molecule has 0 saturated heterocycles. The molecule has 8 nitrogen and oxygen atoms in total. The number of pyridine rings is 1. The molecule has 2 aromatic carbocycles. The van der Waals surface area contributed by atoms with Crippen molar-refractivity contribution in [3.8, 4) is 28.6 Å². The minimum Gasteiger partial charge on any atom is -0.497 e. The predicted octanol–water partition coefficient (Wildman–Crippen LogP) is 5.53. The molecule has 0 unspecified atom stereocenters. The number of methoxy groups -OCH3 is 2. The van der Waals surface area contributed by atoms with E-state index < -0.39 is 11.9 Å². The second kappa shape index (κ2) is 9.76. The summed E-state index contributed by atoms with van der Waals surface area (Å²) in [7, 11) is 3.18. The van der Waals surface area contributed by atoms with E-state index in [1.165, 1.54) is 16.8 Å². The molecule has 0 radical (unpaired) electrons. The summed E-state index contributed by atoms with van der Waals surface area (Å²) < 4.78 is 51.6. The Balaban J connectivity index is 1.43. The zero-order chi connectivity index (χ0) is 26.0. The average Bonchev–Trinajstić information content (AvgIpc) is 3.35. The van der Waals surface area contributed by atoms with Gasteiger partial charge in [0.1, 0.15) is 23.0 Å². The maximum atomic E-state index is 13.2. The lowest BCUT2D eigenvalue weighted by Crippen LogP contribution is -2.10. The third-order valence-corrected chi connectivity index (χ3v) is 5.70. The van der Waals surface area contributed by atoms with Gasteiger partial charge in [0.25, 0.3) is 0 Å². The fraction of sp³-hybridized carbons (Fsp3) is 0.154. The highest BCUT2D eigenvalue weighted by Crippen LogP contribution is 2.30. The average molecular weight is 506 g/mol. The molecule has 3 heterocycles. The molecule has 37 heavy (non-hydrogen) atoms. The van der Waals surface area contributed by atoms with E-state index in [9.17, 15) is 13.2 Å². The van der Waals surface area contributed by atoms with Crippen molar-refractivity contribution < 1.29 is 22.6 Å². The molecule has 188 valence electrons. The molecule has 0 saturated carbocycles. The standard InChI is InChI=1S/C26H21F3N6O2/c1-36-19-9-8-18(22(11-19)37-2)12-31-24-15-30-14-20(33-24)16-6-7-17-13-32-35(21(17)10-16)25-5-3-4-23(34-25)26(27,28)29/h3-11,13-15H,12H2,1-2H3,(H,31,33). The summed E-state index contributed by atoms with van der Waals surface area (Å²) in [6.07, 6.45) is 0.244. The lowest BCUT2D eigenvalue weighted by Gasteiger charge is -2.12. The second-order valence-electron chi connectivity index (χ2n) is 8.03. The molecule has 0 spiro atoms. The van der Waals surface area contributed by atoms with Gasteiger partial charge in [0.15, 0.2) is 5.82 Å². The molecule has 0 bridgehead atoms. The van der Waals surface area contributed by atoms with Gasteiger partial charge in [-0.2, -0.15) is 18.3 Å². The maximum Gasteiger partial charge on any atom is 0.433 e. The van der Waals surface area contributed by atoms with Crippen molar-refractivity contribution in [1.82, 2.24) is 24.7 Å². The van der Waals surface area contributed by atoms with Crippen LogP contribution < -0.4 is 14.8 Å². The molecule has 0 amide bonds. The number of nitrogens with one attached hydrogen (secondary N) is 1. The molecule has 0 fully saturated rings. The lowest BCUT2D eigenvalue weighted by atomic mass is 10.1. The number of aromatic nitrogens is 5. The first-order valence-electron chi connectivity index (χ1n) is 11.2. The van der Waals surface area contributed by atoms with Gasteiger partial charge in [-0.15, -0.1) is 0 Å². The summed E-state index contributed by atoms with van der Waals surface area (Å²) in [6, 6.07) is 14.7. The Morgan fingerprint density at radius 1 is 0.919 bits per heavy atom. The van der Waals surface area contributed by atoms with Gasteiger partial charge in [-0.3, -0.25) is 4.98 Å². The number of ether oxygens (including phenoxy) is 2. The number of rotatable bonds is 7. The molecule has 1 N–H and O–H groups in total. The first kappa shape index (κ1) is 24.0. The van der Waals surface area contributed by atoms with Gasteiger partial charge < -0.3 is 14.8 Å². The van der Waals surface area contributed by atoms with Crippen LogP contribution in [0.3, 0.4) is 0 Å². The molecule has 0 atom stereocenters. The minimum absolute atomic E-state index is 0.0666. The van der Waals surface area contributed by atoms with Crippen molar-refractivity contribution in [2.24, 2.45) is 0 Å². The van der Waals surface area contributed by atoms with E-state index in [0.717, 1.165) is 22.6 Å². The van der Waals surface area contributed by atoms with E-state index in [0.29, 0.717) is 35.1 Å². The van der Waals surface area contributed by atoms with Crippen LogP contribution in [-0.4, -0.2) is 39.0 Å². The highest BCUT2D eigenvalue weighted by Gasteiger charge is 2.32. The monoisotopic (exact) mass is 506 g/mol. The fourth-order valence-electron chi connectivity index (χ4n) is 3.83. The molecule has 3 aromatic heterocycles. The van der Waals surface area contributed by atoms with E-state index >= 15 is 0 Å². The molecular weight excluding hydrogens is 485 g/mol. The van der Waals surface area contributed by atoms with Gasteiger partial charge in [0.2, 0.25) is 0 Å². The first-order valence-corrected chi connectivity index (χ1v) is 11.2. The Kier molecular flexibility index (Phi) is 6.34. The molecule has 11 heteroatoms. The SMILES string of the molecule is COc1ccc(CNc2cncc(-c3ccc4cnn(-c5cccc(C(F)(F)F)n5)c4c3)n2)c(OC)c1. The highest BCUT2D eigenvalue weighted by atomic mass is 19.4. The summed E-state index contributed by atoms with van der Waals surface area (Å²) in [5.41, 5.74) is 1.82. The number of nitrogens with zero attached hydrogens (tertiary/aromatic N) is 5. The van der Waals surface area contributed by atoms with E-state index in [1.807, 2.05) is 24.3 Å². The van der Waals surface area contributed by atoms with Crippen molar-refractivity contribution in [3.63, 3.8) is 0 Å². The molecule has 5 rings (SSSR count). The zero-order valence-corrected chi connectivity index (χ0v) is 19.8. The van der Waals surface area contributed by atoms with E-state index in [1.54, 1.807) is 44.9 Å². The van der Waals surface area contributed by atoms with Crippen molar-refractivity contribution in [1.29, 1.82) is 0 Å². The Hall–Kier alpha value is -4.67. The Labute approximate surface area is 209 Å². The summed E-state index contributed by atoms with van der Waals surface area (Å²) >= 11 is 0. The number of benzene rings is 2. The van der Waals surface area contributed by atoms with Gasteiger partial charge >= 0.3 is 6.18 Å². The molecule has 5 aromatic rings. The van der Waals surface area contributed by atoms with Gasteiger partial charge in [0, 0.05) is 29.1 Å². The van der Waals surface area contributed by atoms with Gasteiger partial charge in [-0.25, -0.2) is 14.6 Å². The predicted molar refractivity (Wildman–Crippen MR) is 132 cm³/mol. The van der Waals surface area contributed by atoms with Crippen LogP contribution in [0.2, 0.25) is 0 Å². The molecular formula is C26H21F3N6O2. The van der Waals surface area contributed by atoms with E-state index in [-0.39, 0.29) is 5.82 Å². The van der Waals surface area contributed by atoms with Crippen molar-refractivity contribution in [3.05, 3.63) is 84.4 Å². The highest BCUT2D eigenvalue weighted by molar-refractivity contribution is 5.84. The lowest BCUT2D eigenvalue weighted by molar-refractivity contribution is -0.141. The zero-order valence-electron chi connectivity index (χ0n) is 19.8. The largest absolute Gasteiger partial charge is 0.497 e. The summed E-state index contributed by atoms with van der Waals surface area (Å²) in [4.78, 5) is 12.7. The quantitative estimate of drug-likeness (QED) is 0.311. The Bertz CT molecular complexity index is 1570. The topological polar surface area (TPSA) is 87.0 Å². The van der Waals surface area contributed by atoms with Crippen LogP contribution in [0.25, 0.3) is 28.0 Å². The number of alkyl halides is 3. The van der Waals surface area contributed by atoms with Crippen LogP contribution in [0, 0.1) is 0 Å². The number of hydrogen-bond donors (Lipinski definition) is 1. The number of anilines is 1. The van der Waals surface area contributed by atoms with Crippen LogP contribution in [-0.2, 0) is 12.7 Å². The Morgan fingerprint density at radius 2 is 1.78 bits per heavy atom. The van der Waals surface area contributed by atoms with Crippen molar-refractivity contribution in [2.45, 2.75) is 12.7 Å². The maximum absolute atomic E-state index is 13.2. The van der Waals surface area contributed by atoms with Gasteiger partial charge in [-0.1, -0.05) is 18.2 Å². The Morgan fingerprint density at radius 3 is 2.57 bits per heavy atom. The van der Waals surface area contributed by atoms with Crippen LogP contribution >= 0.6 is 0 Å². The number of hydrogen-bond acceptors (Lipinski definition) is 7. The van der Waals surface area contributed by atoms with Gasteiger partial charge in [-0.05, 0) is 30.3 Å². The summed E-state index contributed by atoms with van der Waals surface area (Å²) in [6.45, 7) is 0.443. The molecule has 0 aliphatic heterocycles. The fourth-order valence-corrected chi connectivity index (χ4v) is 3.83. The minimum atomic E-state index is -4.55. The van der Waals surface area contributed by atoms with Crippen LogP contribution in [0.15, 0.2) is 73.2 Å². The smallest absolute Gasteiger partial charge is 0.433 e. The summed E-state index contributed by atoms with van der Waals surface area (Å²) in [5.74, 6) is 1.98. The van der Waals surface area contributed by atoms with Gasteiger partial charge in [0.05, 0.1) is 44.0 Å². The van der Waals surface area contributed by atoms with Crippen LogP contribution in [0.5, 0.6) is 11.5 Å².